The molecule has 2 heterocycles. The number of nitrogens with zero attached hydrogens (tertiary/aromatic N) is 1. The number of rotatable bonds is 5. The van der Waals surface area contributed by atoms with Crippen LogP contribution in [0.4, 0.5) is 0 Å². The third-order valence-electron chi connectivity index (χ3n) is 3.43. The summed E-state index contributed by atoms with van der Waals surface area (Å²) in [6.45, 7) is 6.69. The molecule has 1 aromatic heterocycles. The van der Waals surface area contributed by atoms with Gasteiger partial charge in [0.25, 0.3) is 0 Å². The second kappa shape index (κ2) is 6.45. The predicted octanol–water partition coefficient (Wildman–Crippen LogP) is 2.36. The van der Waals surface area contributed by atoms with Crippen LogP contribution in [-0.2, 0) is 16.0 Å². The standard InChI is InChI=1S/C14H21NO2S/c1-11(2)15-6-7-17-14(9-15)13(16)4-3-12-5-8-18-10-12/h5,8,10-11,14H,3-4,6-7,9H2,1-2H3. The number of carbonyl (C=O) groups excluding carboxylic acids is 1. The Morgan fingerprint density at radius 2 is 2.44 bits per heavy atom. The molecule has 0 aliphatic carbocycles. The van der Waals surface area contributed by atoms with Crippen LogP contribution in [0.5, 0.6) is 0 Å². The summed E-state index contributed by atoms with van der Waals surface area (Å²) in [5.41, 5.74) is 1.25. The number of morpholine rings is 1. The first kappa shape index (κ1) is 13.7. The Kier molecular flexibility index (Phi) is 4.92. The number of ketones is 1. The van der Waals surface area contributed by atoms with E-state index in [0.717, 1.165) is 19.5 Å². The average Bonchev–Trinajstić information content (AvgIpc) is 2.89. The molecule has 0 radical (unpaired) electrons. The quantitative estimate of drug-likeness (QED) is 0.820. The molecule has 1 saturated heterocycles. The zero-order valence-corrected chi connectivity index (χ0v) is 11.9. The third kappa shape index (κ3) is 3.64. The molecule has 2 rings (SSSR count). The second-order valence-electron chi connectivity index (χ2n) is 5.05. The highest BCUT2D eigenvalue weighted by molar-refractivity contribution is 7.07. The van der Waals surface area contributed by atoms with Crippen LogP contribution >= 0.6 is 11.3 Å². The van der Waals surface area contributed by atoms with E-state index < -0.39 is 0 Å². The number of aryl methyl sites for hydroxylation is 1. The van der Waals surface area contributed by atoms with Crippen molar-refractivity contribution < 1.29 is 9.53 Å². The molecule has 1 unspecified atom stereocenters. The van der Waals surface area contributed by atoms with E-state index in [2.05, 4.69) is 35.6 Å². The van der Waals surface area contributed by atoms with Crippen molar-refractivity contribution >= 4 is 17.1 Å². The van der Waals surface area contributed by atoms with Gasteiger partial charge in [0.1, 0.15) is 6.10 Å². The van der Waals surface area contributed by atoms with Gasteiger partial charge in [0.2, 0.25) is 0 Å². The van der Waals surface area contributed by atoms with E-state index >= 15 is 0 Å². The monoisotopic (exact) mass is 267 g/mol. The molecule has 100 valence electrons. The molecule has 1 aromatic rings. The van der Waals surface area contributed by atoms with E-state index in [1.807, 2.05) is 0 Å². The van der Waals surface area contributed by atoms with Crippen LogP contribution in [0.1, 0.15) is 25.8 Å². The molecule has 0 bridgehead atoms. The normalized spacial score (nSPS) is 21.4. The van der Waals surface area contributed by atoms with Gasteiger partial charge in [-0.1, -0.05) is 0 Å². The Balaban J connectivity index is 1.81. The minimum Gasteiger partial charge on any atom is -0.368 e. The summed E-state index contributed by atoms with van der Waals surface area (Å²) in [4.78, 5) is 14.4. The Morgan fingerprint density at radius 3 is 3.11 bits per heavy atom. The van der Waals surface area contributed by atoms with Crippen molar-refractivity contribution in [2.45, 2.75) is 38.8 Å². The second-order valence-corrected chi connectivity index (χ2v) is 5.83. The summed E-state index contributed by atoms with van der Waals surface area (Å²) in [6, 6.07) is 2.57. The fourth-order valence-corrected chi connectivity index (χ4v) is 2.90. The summed E-state index contributed by atoms with van der Waals surface area (Å²) in [6.07, 6.45) is 1.21. The van der Waals surface area contributed by atoms with Crippen LogP contribution in [0.25, 0.3) is 0 Å². The number of carbonyl (C=O) groups is 1. The third-order valence-corrected chi connectivity index (χ3v) is 4.16. The van der Waals surface area contributed by atoms with Crippen LogP contribution in [0.15, 0.2) is 16.8 Å². The number of hydrogen-bond acceptors (Lipinski definition) is 4. The smallest absolute Gasteiger partial charge is 0.163 e. The lowest BCUT2D eigenvalue weighted by Crippen LogP contribution is -2.48. The van der Waals surface area contributed by atoms with Crippen LogP contribution in [-0.4, -0.2) is 42.5 Å². The lowest BCUT2D eigenvalue weighted by molar-refractivity contribution is -0.137. The molecule has 1 aliphatic heterocycles. The molecule has 1 aliphatic rings. The Morgan fingerprint density at radius 1 is 1.61 bits per heavy atom. The number of thiophene rings is 1. The molecule has 0 saturated carbocycles. The minimum atomic E-state index is -0.222. The van der Waals surface area contributed by atoms with Gasteiger partial charge in [-0.2, -0.15) is 11.3 Å². The van der Waals surface area contributed by atoms with Crippen molar-refractivity contribution in [2.24, 2.45) is 0 Å². The lowest BCUT2D eigenvalue weighted by atomic mass is 10.1. The molecule has 0 N–H and O–H groups in total. The molecule has 18 heavy (non-hydrogen) atoms. The molecule has 1 fully saturated rings. The van der Waals surface area contributed by atoms with E-state index in [9.17, 15) is 4.79 Å². The van der Waals surface area contributed by atoms with Crippen molar-refractivity contribution in [3.63, 3.8) is 0 Å². The first-order valence-corrected chi connectivity index (χ1v) is 7.50. The largest absolute Gasteiger partial charge is 0.368 e. The maximum Gasteiger partial charge on any atom is 0.163 e. The Bertz CT molecular complexity index is 375. The molecule has 4 heteroatoms. The minimum absolute atomic E-state index is 0.222. The summed E-state index contributed by atoms with van der Waals surface area (Å²) in [7, 11) is 0. The van der Waals surface area contributed by atoms with Gasteiger partial charge in [0.15, 0.2) is 5.78 Å². The average molecular weight is 267 g/mol. The van der Waals surface area contributed by atoms with E-state index in [4.69, 9.17) is 4.74 Å². The van der Waals surface area contributed by atoms with Crippen molar-refractivity contribution in [1.82, 2.24) is 4.90 Å². The van der Waals surface area contributed by atoms with E-state index in [1.165, 1.54) is 5.56 Å². The predicted molar refractivity (Wildman–Crippen MR) is 74.1 cm³/mol. The van der Waals surface area contributed by atoms with E-state index in [-0.39, 0.29) is 11.9 Å². The molecule has 0 amide bonds. The zero-order chi connectivity index (χ0) is 13.0. The highest BCUT2D eigenvalue weighted by atomic mass is 32.1. The fraction of sp³-hybridized carbons (Fsp3) is 0.643. The maximum absolute atomic E-state index is 12.1. The SMILES string of the molecule is CC(C)N1CCOC(C(=O)CCc2ccsc2)C1. The molecule has 1 atom stereocenters. The fourth-order valence-electron chi connectivity index (χ4n) is 2.20. The van der Waals surface area contributed by atoms with Gasteiger partial charge in [-0.05, 0) is 42.7 Å². The zero-order valence-electron chi connectivity index (χ0n) is 11.1. The summed E-state index contributed by atoms with van der Waals surface area (Å²) in [5, 5.41) is 4.16. The van der Waals surface area contributed by atoms with Gasteiger partial charge < -0.3 is 4.74 Å². The van der Waals surface area contributed by atoms with Crippen molar-refractivity contribution in [3.8, 4) is 0 Å². The van der Waals surface area contributed by atoms with Crippen LogP contribution in [0, 0.1) is 0 Å². The Hall–Kier alpha value is -0.710. The Labute approximate surface area is 113 Å². The van der Waals surface area contributed by atoms with Crippen LogP contribution in [0.2, 0.25) is 0 Å². The van der Waals surface area contributed by atoms with Crippen molar-refractivity contribution in [3.05, 3.63) is 22.4 Å². The summed E-state index contributed by atoms with van der Waals surface area (Å²) >= 11 is 1.68. The van der Waals surface area contributed by atoms with Crippen LogP contribution < -0.4 is 0 Å². The van der Waals surface area contributed by atoms with Gasteiger partial charge in [0.05, 0.1) is 6.61 Å². The van der Waals surface area contributed by atoms with E-state index in [0.29, 0.717) is 19.1 Å². The van der Waals surface area contributed by atoms with Gasteiger partial charge >= 0.3 is 0 Å². The topological polar surface area (TPSA) is 29.5 Å². The molecular weight excluding hydrogens is 246 g/mol. The van der Waals surface area contributed by atoms with Gasteiger partial charge in [-0.25, -0.2) is 0 Å². The van der Waals surface area contributed by atoms with Gasteiger partial charge in [0, 0.05) is 25.6 Å². The van der Waals surface area contributed by atoms with Crippen molar-refractivity contribution in [1.29, 1.82) is 0 Å². The van der Waals surface area contributed by atoms with E-state index in [1.54, 1.807) is 11.3 Å². The highest BCUT2D eigenvalue weighted by Gasteiger charge is 2.27. The molecule has 3 nitrogen and oxygen atoms in total. The van der Waals surface area contributed by atoms with Gasteiger partial charge in [-0.3, -0.25) is 9.69 Å². The molecule has 0 aromatic carbocycles. The summed E-state index contributed by atoms with van der Waals surface area (Å²) < 4.78 is 5.60. The number of Topliss-reactive ketones (excluding diaryl/α,β-unsaturated/α-hetero) is 1. The number of hydrogen-bond donors (Lipinski definition) is 0. The first-order chi connectivity index (χ1) is 8.66. The highest BCUT2D eigenvalue weighted by Crippen LogP contribution is 2.13. The molecular formula is C14H21NO2S. The first-order valence-electron chi connectivity index (χ1n) is 6.56. The van der Waals surface area contributed by atoms with Crippen LogP contribution in [0.3, 0.4) is 0 Å². The van der Waals surface area contributed by atoms with Gasteiger partial charge in [-0.15, -0.1) is 0 Å². The lowest BCUT2D eigenvalue weighted by Gasteiger charge is -2.34. The maximum atomic E-state index is 12.1. The molecule has 0 spiro atoms. The van der Waals surface area contributed by atoms with Crippen molar-refractivity contribution in [2.75, 3.05) is 19.7 Å². The number of ether oxygens (including phenoxy) is 1. The summed E-state index contributed by atoms with van der Waals surface area (Å²) in [5.74, 6) is 0.242.